The van der Waals surface area contributed by atoms with Crippen molar-refractivity contribution in [1.29, 1.82) is 0 Å². The minimum atomic E-state index is -0.334. The van der Waals surface area contributed by atoms with Gasteiger partial charge in [0.05, 0.1) is 4.92 Å². The van der Waals surface area contributed by atoms with E-state index in [1.165, 1.54) is 0 Å². The molecule has 0 saturated heterocycles. The van der Waals surface area contributed by atoms with Crippen LogP contribution in [0.1, 0.15) is 29.8 Å². The summed E-state index contributed by atoms with van der Waals surface area (Å²) in [6, 6.07) is 11.1. The molecule has 0 saturated carbocycles. The normalized spacial score (nSPS) is 12.1. The van der Waals surface area contributed by atoms with E-state index in [0.29, 0.717) is 0 Å². The molecule has 1 aromatic carbocycles. The molecule has 5 nitrogen and oxygen atoms in total. The van der Waals surface area contributed by atoms with Gasteiger partial charge < -0.3 is 5.32 Å². The fraction of sp³-hybridized carbons (Fsp3) is 0.312. The Kier molecular flexibility index (Phi) is 5.00. The van der Waals surface area contributed by atoms with Gasteiger partial charge in [-0.15, -0.1) is 0 Å². The lowest BCUT2D eigenvalue weighted by molar-refractivity contribution is -0.385. The van der Waals surface area contributed by atoms with Gasteiger partial charge in [0.15, 0.2) is 0 Å². The van der Waals surface area contributed by atoms with Gasteiger partial charge in [-0.1, -0.05) is 18.2 Å². The number of hydrogen-bond acceptors (Lipinski definition) is 4. The molecule has 0 amide bonds. The van der Waals surface area contributed by atoms with Crippen LogP contribution in [0.25, 0.3) is 0 Å². The third kappa shape index (κ3) is 3.86. The summed E-state index contributed by atoms with van der Waals surface area (Å²) in [6.07, 6.45) is 2.61. The van der Waals surface area contributed by atoms with Gasteiger partial charge in [0, 0.05) is 42.5 Å². The van der Waals surface area contributed by atoms with Crippen molar-refractivity contribution < 1.29 is 4.92 Å². The first-order chi connectivity index (χ1) is 10.1. The minimum Gasteiger partial charge on any atom is -0.310 e. The highest BCUT2D eigenvalue weighted by molar-refractivity contribution is 5.45. The second kappa shape index (κ2) is 6.95. The molecule has 2 rings (SSSR count). The van der Waals surface area contributed by atoms with E-state index in [4.69, 9.17) is 0 Å². The van der Waals surface area contributed by atoms with Gasteiger partial charge in [-0.25, -0.2) is 0 Å². The van der Waals surface area contributed by atoms with Crippen LogP contribution < -0.4 is 5.32 Å². The molecule has 1 atom stereocenters. The molecule has 1 heterocycles. The lowest BCUT2D eigenvalue weighted by atomic mass is 10.0. The van der Waals surface area contributed by atoms with E-state index >= 15 is 0 Å². The molecular formula is C16H19N3O2. The fourth-order valence-electron chi connectivity index (χ4n) is 2.38. The average molecular weight is 285 g/mol. The van der Waals surface area contributed by atoms with Crippen LogP contribution >= 0.6 is 0 Å². The van der Waals surface area contributed by atoms with Gasteiger partial charge in [-0.2, -0.15) is 0 Å². The Morgan fingerprint density at radius 3 is 2.76 bits per heavy atom. The van der Waals surface area contributed by atoms with E-state index in [-0.39, 0.29) is 16.7 Å². The van der Waals surface area contributed by atoms with Crippen molar-refractivity contribution in [2.45, 2.75) is 26.3 Å². The topological polar surface area (TPSA) is 68.1 Å². The highest BCUT2D eigenvalue weighted by Crippen LogP contribution is 2.25. The molecule has 0 bridgehead atoms. The number of nitro benzene ring substituents is 1. The first kappa shape index (κ1) is 15.1. The summed E-state index contributed by atoms with van der Waals surface area (Å²) >= 11 is 0. The first-order valence-corrected chi connectivity index (χ1v) is 6.97. The summed E-state index contributed by atoms with van der Waals surface area (Å²) < 4.78 is 0. The van der Waals surface area contributed by atoms with Crippen LogP contribution in [0, 0.1) is 17.0 Å². The number of aromatic nitrogens is 1. The van der Waals surface area contributed by atoms with Crippen molar-refractivity contribution in [1.82, 2.24) is 10.3 Å². The van der Waals surface area contributed by atoms with E-state index in [1.54, 1.807) is 25.3 Å². The van der Waals surface area contributed by atoms with E-state index in [0.717, 1.165) is 29.8 Å². The Bertz CT molecular complexity index is 614. The number of rotatable bonds is 6. The van der Waals surface area contributed by atoms with E-state index in [9.17, 15) is 10.1 Å². The molecule has 0 radical (unpaired) electrons. The van der Waals surface area contributed by atoms with E-state index in [2.05, 4.69) is 10.3 Å². The SMILES string of the molecule is Cc1c(C(C)NCCc2ccccn2)cccc1[N+](=O)[O-]. The minimum absolute atomic E-state index is 0.0635. The van der Waals surface area contributed by atoms with Gasteiger partial charge in [0.2, 0.25) is 0 Å². The summed E-state index contributed by atoms with van der Waals surface area (Å²) in [6.45, 7) is 4.59. The zero-order valence-corrected chi connectivity index (χ0v) is 12.2. The second-order valence-corrected chi connectivity index (χ2v) is 5.00. The van der Waals surface area contributed by atoms with Gasteiger partial charge in [-0.05, 0) is 31.5 Å². The number of nitrogens with one attached hydrogen (secondary N) is 1. The van der Waals surface area contributed by atoms with Crippen LogP contribution in [0.4, 0.5) is 5.69 Å². The molecule has 0 aliphatic rings. The summed E-state index contributed by atoms with van der Waals surface area (Å²) in [5.41, 5.74) is 2.89. The highest BCUT2D eigenvalue weighted by atomic mass is 16.6. The molecule has 0 aliphatic carbocycles. The van der Waals surface area contributed by atoms with Crippen LogP contribution in [0.5, 0.6) is 0 Å². The van der Waals surface area contributed by atoms with Crippen molar-refractivity contribution in [3.8, 4) is 0 Å². The maximum absolute atomic E-state index is 11.0. The Hall–Kier alpha value is -2.27. The molecule has 21 heavy (non-hydrogen) atoms. The molecule has 1 N–H and O–H groups in total. The molecule has 5 heteroatoms. The van der Waals surface area contributed by atoms with E-state index < -0.39 is 0 Å². The van der Waals surface area contributed by atoms with Crippen molar-refractivity contribution in [2.24, 2.45) is 0 Å². The third-order valence-electron chi connectivity index (χ3n) is 3.57. The fourth-order valence-corrected chi connectivity index (χ4v) is 2.38. The number of pyridine rings is 1. The number of benzene rings is 1. The van der Waals surface area contributed by atoms with Crippen LogP contribution in [0.2, 0.25) is 0 Å². The van der Waals surface area contributed by atoms with Gasteiger partial charge in [-0.3, -0.25) is 15.1 Å². The van der Waals surface area contributed by atoms with Gasteiger partial charge >= 0.3 is 0 Å². The summed E-state index contributed by atoms with van der Waals surface area (Å²) in [5, 5.41) is 14.4. The molecule has 0 fully saturated rings. The van der Waals surface area contributed by atoms with Crippen molar-refractivity contribution in [3.05, 3.63) is 69.5 Å². The summed E-state index contributed by atoms with van der Waals surface area (Å²) in [4.78, 5) is 14.9. The van der Waals surface area contributed by atoms with Crippen LogP contribution in [-0.2, 0) is 6.42 Å². The maximum Gasteiger partial charge on any atom is 0.272 e. The molecule has 2 aromatic rings. The number of nitro groups is 1. The number of nitrogens with zero attached hydrogens (tertiary/aromatic N) is 2. The third-order valence-corrected chi connectivity index (χ3v) is 3.57. The molecule has 0 aliphatic heterocycles. The van der Waals surface area contributed by atoms with Crippen molar-refractivity contribution >= 4 is 5.69 Å². The van der Waals surface area contributed by atoms with Crippen LogP contribution in [0.15, 0.2) is 42.6 Å². The zero-order chi connectivity index (χ0) is 15.2. The first-order valence-electron chi connectivity index (χ1n) is 6.97. The lowest BCUT2D eigenvalue weighted by Crippen LogP contribution is -2.22. The molecule has 1 aromatic heterocycles. The molecule has 1 unspecified atom stereocenters. The van der Waals surface area contributed by atoms with Gasteiger partial charge in [0.1, 0.15) is 0 Å². The molecule has 110 valence electrons. The average Bonchev–Trinajstić information content (AvgIpc) is 2.48. The lowest BCUT2D eigenvalue weighted by Gasteiger charge is -2.16. The van der Waals surface area contributed by atoms with Gasteiger partial charge in [0.25, 0.3) is 5.69 Å². The zero-order valence-electron chi connectivity index (χ0n) is 12.2. The standard InChI is InChI=1S/C16H19N3O2/c1-12-15(7-5-8-16(12)19(20)21)13(2)17-11-9-14-6-3-4-10-18-14/h3-8,10,13,17H,9,11H2,1-2H3. The second-order valence-electron chi connectivity index (χ2n) is 5.00. The highest BCUT2D eigenvalue weighted by Gasteiger charge is 2.16. The molecular weight excluding hydrogens is 266 g/mol. The largest absolute Gasteiger partial charge is 0.310 e. The Morgan fingerprint density at radius 1 is 1.29 bits per heavy atom. The monoisotopic (exact) mass is 285 g/mol. The Balaban J connectivity index is 1.99. The smallest absolute Gasteiger partial charge is 0.272 e. The van der Waals surface area contributed by atoms with E-state index in [1.807, 2.05) is 31.2 Å². The predicted molar refractivity (Wildman–Crippen MR) is 82.2 cm³/mol. The van der Waals surface area contributed by atoms with Crippen molar-refractivity contribution in [2.75, 3.05) is 6.54 Å². The summed E-state index contributed by atoms with van der Waals surface area (Å²) in [7, 11) is 0. The quantitative estimate of drug-likeness (QED) is 0.653. The van der Waals surface area contributed by atoms with Crippen molar-refractivity contribution in [3.63, 3.8) is 0 Å². The predicted octanol–water partition coefficient (Wildman–Crippen LogP) is 3.19. The number of hydrogen-bond donors (Lipinski definition) is 1. The Morgan fingerprint density at radius 2 is 2.10 bits per heavy atom. The Labute approximate surface area is 124 Å². The maximum atomic E-state index is 11.0. The van der Waals surface area contributed by atoms with Crippen LogP contribution in [-0.4, -0.2) is 16.5 Å². The summed E-state index contributed by atoms with van der Waals surface area (Å²) in [5.74, 6) is 0. The van der Waals surface area contributed by atoms with Crippen LogP contribution in [0.3, 0.4) is 0 Å². The molecule has 0 spiro atoms.